The molecule has 0 radical (unpaired) electrons. The number of piperidine rings is 1. The van der Waals surface area contributed by atoms with Crippen molar-refractivity contribution in [3.8, 4) is 5.88 Å². The Morgan fingerprint density at radius 3 is 2.66 bits per heavy atom. The van der Waals surface area contributed by atoms with Crippen molar-refractivity contribution in [2.45, 2.75) is 45.4 Å². The fraction of sp³-hybridized carbons (Fsp3) is 0.524. The Morgan fingerprint density at radius 2 is 1.97 bits per heavy atom. The molecule has 1 saturated heterocycles. The van der Waals surface area contributed by atoms with E-state index >= 15 is 0 Å². The molecular formula is C21H25N5O2S. The molecule has 0 aromatic carbocycles. The summed E-state index contributed by atoms with van der Waals surface area (Å²) < 4.78 is 7.79. The van der Waals surface area contributed by atoms with Crippen LogP contribution in [0.1, 0.15) is 57.7 Å². The van der Waals surface area contributed by atoms with E-state index in [-0.39, 0.29) is 5.91 Å². The van der Waals surface area contributed by atoms with Crippen LogP contribution in [-0.4, -0.2) is 50.1 Å². The van der Waals surface area contributed by atoms with Crippen LogP contribution < -0.4 is 4.74 Å². The lowest BCUT2D eigenvalue weighted by Crippen LogP contribution is -2.39. The van der Waals surface area contributed by atoms with E-state index in [0.717, 1.165) is 52.9 Å². The Balaban J connectivity index is 1.15. The standard InChI is InChI=1S/C21H25N5O2S/c1-13-20(29-14(2)22-13)21(27)25-9-7-15(8-10-25)12-28-19-6-5-18-23-17(16-3-4-16)11-26(18)24-19/h5-6,11,15-16H,3-4,7-10,12H2,1-2H3. The number of aromatic nitrogens is 4. The van der Waals surface area contributed by atoms with Crippen LogP contribution >= 0.6 is 11.3 Å². The molecule has 1 aliphatic heterocycles. The third-order valence-electron chi connectivity index (χ3n) is 5.78. The van der Waals surface area contributed by atoms with E-state index in [0.29, 0.717) is 24.3 Å². The zero-order valence-electron chi connectivity index (χ0n) is 16.8. The van der Waals surface area contributed by atoms with Crippen molar-refractivity contribution in [3.63, 3.8) is 0 Å². The maximum atomic E-state index is 12.7. The predicted molar refractivity (Wildman–Crippen MR) is 111 cm³/mol. The van der Waals surface area contributed by atoms with E-state index in [1.807, 2.05) is 41.6 Å². The van der Waals surface area contributed by atoms with Crippen molar-refractivity contribution >= 4 is 22.9 Å². The highest BCUT2D eigenvalue weighted by Crippen LogP contribution is 2.39. The zero-order chi connectivity index (χ0) is 20.0. The maximum Gasteiger partial charge on any atom is 0.265 e. The summed E-state index contributed by atoms with van der Waals surface area (Å²) in [4.78, 5) is 24.5. The lowest BCUT2D eigenvalue weighted by Gasteiger charge is -2.31. The number of rotatable bonds is 5. The molecule has 7 nitrogen and oxygen atoms in total. The van der Waals surface area contributed by atoms with Crippen LogP contribution in [0.3, 0.4) is 0 Å². The zero-order valence-corrected chi connectivity index (χ0v) is 17.6. The van der Waals surface area contributed by atoms with Crippen LogP contribution in [0, 0.1) is 19.8 Å². The molecule has 29 heavy (non-hydrogen) atoms. The summed E-state index contributed by atoms with van der Waals surface area (Å²) in [5.74, 6) is 1.80. The summed E-state index contributed by atoms with van der Waals surface area (Å²) in [7, 11) is 0. The van der Waals surface area contributed by atoms with Gasteiger partial charge in [0.1, 0.15) is 4.88 Å². The Hall–Kier alpha value is -2.48. The summed E-state index contributed by atoms with van der Waals surface area (Å²) in [6, 6.07) is 3.86. The van der Waals surface area contributed by atoms with Crippen LogP contribution in [0.5, 0.6) is 5.88 Å². The number of imidazole rings is 1. The third kappa shape index (κ3) is 3.85. The number of nitrogens with zero attached hydrogens (tertiary/aromatic N) is 5. The quantitative estimate of drug-likeness (QED) is 0.641. The average molecular weight is 412 g/mol. The fourth-order valence-electron chi connectivity index (χ4n) is 3.91. The monoisotopic (exact) mass is 411 g/mol. The number of carbonyl (C=O) groups excluding carboxylic acids is 1. The molecule has 3 aromatic rings. The SMILES string of the molecule is Cc1nc(C)c(C(=O)N2CCC(COc3ccc4nc(C5CC5)cn4n3)CC2)s1. The van der Waals surface area contributed by atoms with Crippen molar-refractivity contribution < 1.29 is 9.53 Å². The first-order valence-electron chi connectivity index (χ1n) is 10.3. The maximum absolute atomic E-state index is 12.7. The van der Waals surface area contributed by atoms with E-state index < -0.39 is 0 Å². The van der Waals surface area contributed by atoms with Gasteiger partial charge in [0.25, 0.3) is 5.91 Å². The summed E-state index contributed by atoms with van der Waals surface area (Å²) in [6.07, 6.45) is 6.38. The van der Waals surface area contributed by atoms with Gasteiger partial charge in [-0.25, -0.2) is 14.5 Å². The highest BCUT2D eigenvalue weighted by atomic mass is 32.1. The summed E-state index contributed by atoms with van der Waals surface area (Å²) in [5, 5.41) is 5.49. The number of hydrogen-bond donors (Lipinski definition) is 0. The molecule has 1 aliphatic carbocycles. The third-order valence-corrected chi connectivity index (χ3v) is 6.84. The molecule has 152 valence electrons. The summed E-state index contributed by atoms with van der Waals surface area (Å²) in [5.41, 5.74) is 2.85. The van der Waals surface area contributed by atoms with Gasteiger partial charge in [-0.1, -0.05) is 0 Å². The number of thiazole rings is 1. The molecule has 0 unspecified atom stereocenters. The number of fused-ring (bicyclic) bond motifs is 1. The Morgan fingerprint density at radius 1 is 1.17 bits per heavy atom. The van der Waals surface area contributed by atoms with Gasteiger partial charge in [-0.2, -0.15) is 0 Å². The molecule has 5 rings (SSSR count). The first-order valence-corrected chi connectivity index (χ1v) is 11.1. The minimum Gasteiger partial charge on any atom is -0.476 e. The van der Waals surface area contributed by atoms with E-state index in [1.165, 1.54) is 24.2 Å². The first-order chi connectivity index (χ1) is 14.1. The second kappa shape index (κ2) is 7.40. The van der Waals surface area contributed by atoms with Crippen LogP contribution in [0.25, 0.3) is 5.65 Å². The van der Waals surface area contributed by atoms with Crippen molar-refractivity contribution in [1.29, 1.82) is 0 Å². The highest BCUT2D eigenvalue weighted by Gasteiger charge is 2.27. The van der Waals surface area contributed by atoms with Crippen LogP contribution in [0.4, 0.5) is 0 Å². The molecule has 0 N–H and O–H groups in total. The van der Waals surface area contributed by atoms with Crippen LogP contribution in [0.2, 0.25) is 0 Å². The van der Waals surface area contributed by atoms with Gasteiger partial charge in [0.05, 0.1) is 29.2 Å². The van der Waals surface area contributed by atoms with Gasteiger partial charge < -0.3 is 9.64 Å². The Labute approximate surface area is 173 Å². The molecule has 3 aromatic heterocycles. The van der Waals surface area contributed by atoms with E-state index in [9.17, 15) is 4.79 Å². The average Bonchev–Trinajstić information content (AvgIpc) is 3.40. The number of aryl methyl sites for hydroxylation is 2. The van der Waals surface area contributed by atoms with Crippen LogP contribution in [-0.2, 0) is 0 Å². The smallest absolute Gasteiger partial charge is 0.265 e. The second-order valence-corrected chi connectivity index (χ2v) is 9.31. The predicted octanol–water partition coefficient (Wildman–Crippen LogP) is 3.61. The molecular weight excluding hydrogens is 386 g/mol. The Kier molecular flexibility index (Phi) is 4.73. The van der Waals surface area contributed by atoms with Gasteiger partial charge >= 0.3 is 0 Å². The van der Waals surface area contributed by atoms with E-state index in [2.05, 4.69) is 15.1 Å². The largest absolute Gasteiger partial charge is 0.476 e. The number of amides is 1. The van der Waals surface area contributed by atoms with Crippen molar-refractivity contribution in [3.05, 3.63) is 39.6 Å². The molecule has 2 fully saturated rings. The fourth-order valence-corrected chi connectivity index (χ4v) is 4.80. The number of ether oxygens (including phenoxy) is 1. The van der Waals surface area contributed by atoms with E-state index in [1.54, 1.807) is 0 Å². The minimum absolute atomic E-state index is 0.117. The first kappa shape index (κ1) is 18.5. The summed E-state index contributed by atoms with van der Waals surface area (Å²) >= 11 is 1.49. The normalized spacial score (nSPS) is 17.8. The topological polar surface area (TPSA) is 72.6 Å². The van der Waals surface area contributed by atoms with Gasteiger partial charge in [0, 0.05) is 25.1 Å². The molecule has 2 aliphatic rings. The molecule has 8 heteroatoms. The van der Waals surface area contributed by atoms with Gasteiger partial charge in [0.15, 0.2) is 5.65 Å². The van der Waals surface area contributed by atoms with Crippen LogP contribution in [0.15, 0.2) is 18.3 Å². The van der Waals surface area contributed by atoms with E-state index in [4.69, 9.17) is 4.74 Å². The number of hydrogen-bond acceptors (Lipinski definition) is 6. The van der Waals surface area contributed by atoms with Gasteiger partial charge in [-0.3, -0.25) is 4.79 Å². The minimum atomic E-state index is 0.117. The number of likely N-dealkylation sites (tertiary alicyclic amines) is 1. The van der Waals surface area contributed by atoms with Gasteiger partial charge in [-0.05, 0) is 51.5 Å². The molecule has 1 saturated carbocycles. The highest BCUT2D eigenvalue weighted by molar-refractivity contribution is 7.13. The molecule has 0 atom stereocenters. The van der Waals surface area contributed by atoms with Gasteiger partial charge in [-0.15, -0.1) is 16.4 Å². The second-order valence-electron chi connectivity index (χ2n) is 8.11. The summed E-state index contributed by atoms with van der Waals surface area (Å²) in [6.45, 7) is 6.02. The molecule has 0 bridgehead atoms. The molecule has 1 amide bonds. The van der Waals surface area contributed by atoms with Crippen molar-refractivity contribution in [2.24, 2.45) is 5.92 Å². The van der Waals surface area contributed by atoms with Crippen molar-refractivity contribution in [2.75, 3.05) is 19.7 Å². The lowest BCUT2D eigenvalue weighted by molar-refractivity contribution is 0.0662. The van der Waals surface area contributed by atoms with Gasteiger partial charge in [0.2, 0.25) is 5.88 Å². The molecule has 4 heterocycles. The number of carbonyl (C=O) groups is 1. The Bertz CT molecular complexity index is 1050. The lowest BCUT2D eigenvalue weighted by atomic mass is 9.97. The van der Waals surface area contributed by atoms with Crippen molar-refractivity contribution in [1.82, 2.24) is 24.5 Å². The molecule has 0 spiro atoms.